The maximum Gasteiger partial charge on any atom is 0.0835 e. The Morgan fingerprint density at radius 2 is 2.50 bits per heavy atom. The van der Waals surface area contributed by atoms with Crippen LogP contribution in [0.15, 0.2) is 12.4 Å². The van der Waals surface area contributed by atoms with Gasteiger partial charge in [0.05, 0.1) is 18.8 Å². The molecule has 1 fully saturated rings. The summed E-state index contributed by atoms with van der Waals surface area (Å²) in [7, 11) is 2.07. The lowest BCUT2D eigenvalue weighted by Gasteiger charge is -2.16. The molecule has 78 valence electrons. The van der Waals surface area contributed by atoms with Gasteiger partial charge in [-0.15, -0.1) is 5.10 Å². The molecule has 0 spiro atoms. The molecule has 0 bridgehead atoms. The molecule has 2 atom stereocenters. The van der Waals surface area contributed by atoms with Crippen molar-refractivity contribution in [2.24, 2.45) is 5.90 Å². The normalized spacial score (nSPS) is 28.4. The van der Waals surface area contributed by atoms with E-state index < -0.39 is 0 Å². The molecule has 0 amide bonds. The van der Waals surface area contributed by atoms with Crippen LogP contribution in [0.25, 0.3) is 0 Å². The summed E-state index contributed by atoms with van der Waals surface area (Å²) in [5, 5.41) is 7.80. The van der Waals surface area contributed by atoms with Crippen LogP contribution in [-0.2, 0) is 4.84 Å². The van der Waals surface area contributed by atoms with Crippen LogP contribution in [0.1, 0.15) is 12.5 Å². The first-order chi connectivity index (χ1) is 6.81. The first-order valence-corrected chi connectivity index (χ1v) is 4.69. The third-order valence-corrected chi connectivity index (χ3v) is 2.77. The van der Waals surface area contributed by atoms with Gasteiger partial charge in [-0.05, 0) is 13.5 Å². The molecule has 14 heavy (non-hydrogen) atoms. The first-order valence-electron chi connectivity index (χ1n) is 4.69. The largest absolute Gasteiger partial charge is 0.303 e. The molecule has 2 rings (SSSR count). The minimum absolute atomic E-state index is 0.384. The van der Waals surface area contributed by atoms with E-state index in [4.69, 9.17) is 5.90 Å². The van der Waals surface area contributed by atoms with Crippen molar-refractivity contribution >= 4 is 0 Å². The first kappa shape index (κ1) is 9.57. The molecule has 1 aliphatic rings. The van der Waals surface area contributed by atoms with E-state index in [2.05, 4.69) is 27.1 Å². The molecule has 0 radical (unpaired) electrons. The number of nitrogens with zero attached hydrogens (tertiary/aromatic N) is 4. The topological polar surface area (TPSA) is 69.2 Å². The summed E-state index contributed by atoms with van der Waals surface area (Å²) >= 11 is 0. The Hall–Kier alpha value is -0.980. The zero-order valence-electron chi connectivity index (χ0n) is 8.21. The van der Waals surface area contributed by atoms with Crippen LogP contribution in [-0.4, -0.2) is 46.1 Å². The second-order valence-electron chi connectivity index (χ2n) is 3.70. The Balaban J connectivity index is 1.99. The maximum atomic E-state index is 5.07. The van der Waals surface area contributed by atoms with Gasteiger partial charge in [0.1, 0.15) is 0 Å². The van der Waals surface area contributed by atoms with E-state index in [0.29, 0.717) is 18.7 Å². The Morgan fingerprint density at radius 3 is 3.14 bits per heavy atom. The van der Waals surface area contributed by atoms with Gasteiger partial charge < -0.3 is 4.84 Å². The lowest BCUT2D eigenvalue weighted by Crippen LogP contribution is -2.30. The molecule has 1 aromatic heterocycles. The van der Waals surface area contributed by atoms with Gasteiger partial charge in [-0.1, -0.05) is 5.21 Å². The molecule has 6 nitrogen and oxygen atoms in total. The van der Waals surface area contributed by atoms with E-state index >= 15 is 0 Å². The molecule has 1 aromatic rings. The van der Waals surface area contributed by atoms with Crippen LogP contribution >= 0.6 is 0 Å². The monoisotopic (exact) mass is 197 g/mol. The Morgan fingerprint density at radius 1 is 1.64 bits per heavy atom. The highest BCUT2D eigenvalue weighted by atomic mass is 16.6. The fourth-order valence-electron chi connectivity index (χ4n) is 1.96. The average Bonchev–Trinajstić information content (AvgIpc) is 2.76. The quantitative estimate of drug-likeness (QED) is 0.656. The van der Waals surface area contributed by atoms with Gasteiger partial charge in [0, 0.05) is 18.8 Å². The van der Waals surface area contributed by atoms with Crippen LogP contribution < -0.4 is 5.90 Å². The van der Waals surface area contributed by atoms with E-state index in [1.54, 1.807) is 6.20 Å². The van der Waals surface area contributed by atoms with Crippen LogP contribution in [0.5, 0.6) is 0 Å². The van der Waals surface area contributed by atoms with E-state index in [9.17, 15) is 0 Å². The summed E-state index contributed by atoms with van der Waals surface area (Å²) in [4.78, 5) is 6.91. The summed E-state index contributed by atoms with van der Waals surface area (Å²) in [5.41, 5.74) is 0. The zero-order chi connectivity index (χ0) is 9.97. The van der Waals surface area contributed by atoms with Gasteiger partial charge in [-0.3, -0.25) is 4.90 Å². The molecule has 0 unspecified atom stereocenters. The summed E-state index contributed by atoms with van der Waals surface area (Å²) in [5.74, 6) is 5.07. The number of rotatable bonds is 3. The van der Waals surface area contributed by atoms with Gasteiger partial charge in [0.2, 0.25) is 0 Å². The highest BCUT2D eigenvalue weighted by Crippen LogP contribution is 2.24. The van der Waals surface area contributed by atoms with E-state index in [1.165, 1.54) is 0 Å². The number of nitrogens with two attached hydrogens (primary N) is 1. The number of aromatic nitrogens is 3. The Kier molecular flexibility index (Phi) is 2.76. The van der Waals surface area contributed by atoms with Crippen molar-refractivity contribution in [2.75, 3.05) is 20.2 Å². The van der Waals surface area contributed by atoms with Gasteiger partial charge in [-0.2, -0.15) is 0 Å². The van der Waals surface area contributed by atoms with Crippen LogP contribution in [0.3, 0.4) is 0 Å². The minimum atomic E-state index is 0.384. The molecule has 6 heteroatoms. The summed E-state index contributed by atoms with van der Waals surface area (Å²) in [6.45, 7) is 1.54. The van der Waals surface area contributed by atoms with Crippen LogP contribution in [0.2, 0.25) is 0 Å². The second kappa shape index (κ2) is 4.04. The van der Waals surface area contributed by atoms with Crippen molar-refractivity contribution in [2.45, 2.75) is 18.5 Å². The Labute approximate surface area is 82.6 Å². The van der Waals surface area contributed by atoms with Gasteiger partial charge >= 0.3 is 0 Å². The molecule has 2 N–H and O–H groups in total. The predicted molar refractivity (Wildman–Crippen MR) is 50.2 cm³/mol. The van der Waals surface area contributed by atoms with E-state index in [1.807, 2.05) is 10.9 Å². The van der Waals surface area contributed by atoms with Gasteiger partial charge in [-0.25, -0.2) is 10.6 Å². The maximum absolute atomic E-state index is 5.07. The fourth-order valence-corrected chi connectivity index (χ4v) is 1.96. The highest BCUT2D eigenvalue weighted by Gasteiger charge is 2.30. The van der Waals surface area contributed by atoms with Crippen molar-refractivity contribution in [1.29, 1.82) is 0 Å². The lowest BCUT2D eigenvalue weighted by atomic mass is 10.2. The van der Waals surface area contributed by atoms with E-state index in [0.717, 1.165) is 13.0 Å². The van der Waals surface area contributed by atoms with Gasteiger partial charge in [0.25, 0.3) is 0 Å². The second-order valence-corrected chi connectivity index (χ2v) is 3.70. The highest BCUT2D eigenvalue weighted by molar-refractivity contribution is 4.87. The molecule has 0 aliphatic carbocycles. The summed E-state index contributed by atoms with van der Waals surface area (Å²) < 4.78 is 1.90. The third kappa shape index (κ3) is 1.77. The zero-order valence-corrected chi connectivity index (χ0v) is 8.21. The molecule has 1 saturated heterocycles. The number of likely N-dealkylation sites (tertiary alicyclic amines) is 1. The van der Waals surface area contributed by atoms with Crippen LogP contribution in [0.4, 0.5) is 0 Å². The van der Waals surface area contributed by atoms with Crippen molar-refractivity contribution in [3.8, 4) is 0 Å². The number of likely N-dealkylation sites (N-methyl/N-ethyl adjacent to an activating group) is 1. The van der Waals surface area contributed by atoms with Crippen molar-refractivity contribution in [3.05, 3.63) is 12.4 Å². The minimum Gasteiger partial charge on any atom is -0.303 e. The lowest BCUT2D eigenvalue weighted by molar-refractivity contribution is 0.0870. The van der Waals surface area contributed by atoms with E-state index in [-0.39, 0.29) is 0 Å². The Bertz CT molecular complexity index is 275. The van der Waals surface area contributed by atoms with Gasteiger partial charge in [0.15, 0.2) is 0 Å². The summed E-state index contributed by atoms with van der Waals surface area (Å²) in [6, 6.07) is 0.775. The fraction of sp³-hybridized carbons (Fsp3) is 0.750. The van der Waals surface area contributed by atoms with Crippen molar-refractivity contribution in [1.82, 2.24) is 19.9 Å². The predicted octanol–water partition coefficient (Wildman–Crippen LogP) is -0.586. The molecule has 2 heterocycles. The third-order valence-electron chi connectivity index (χ3n) is 2.77. The van der Waals surface area contributed by atoms with Crippen molar-refractivity contribution < 1.29 is 4.84 Å². The SMILES string of the molecule is CN1C[C@@H](n2ccnn2)C[C@H]1CON. The van der Waals surface area contributed by atoms with Crippen LogP contribution in [0, 0.1) is 0 Å². The molecule has 0 aromatic carbocycles. The molecule has 1 aliphatic heterocycles. The van der Waals surface area contributed by atoms with Crippen molar-refractivity contribution in [3.63, 3.8) is 0 Å². The number of hydrogen-bond acceptors (Lipinski definition) is 5. The molecular formula is C8H15N5O. The standard InChI is InChI=1S/C8H15N5O/c1-12-5-7(4-8(12)6-14-9)13-3-2-10-11-13/h2-3,7-8H,4-6,9H2,1H3/t7-,8-/m0/s1. The summed E-state index contributed by atoms with van der Waals surface area (Å²) in [6.07, 6.45) is 4.61. The number of hydrogen-bond donors (Lipinski definition) is 1. The average molecular weight is 197 g/mol. The smallest absolute Gasteiger partial charge is 0.0835 e. The molecule has 0 saturated carbocycles. The molecular weight excluding hydrogens is 182 g/mol.